The number of hydrogen-bond donors (Lipinski definition) is 1. The van der Waals surface area contributed by atoms with Gasteiger partial charge >= 0.3 is 5.97 Å². The molecular formula is C27H20BrClN2O6S. The van der Waals surface area contributed by atoms with Crippen LogP contribution in [0.15, 0.2) is 76.1 Å². The Balaban J connectivity index is 1.53. The van der Waals surface area contributed by atoms with Crippen LogP contribution < -0.4 is 14.8 Å². The Kier molecular flexibility index (Phi) is 8.88. The largest absolute Gasteiger partial charge is 0.490 e. The Morgan fingerprint density at radius 3 is 2.55 bits per heavy atom. The van der Waals surface area contributed by atoms with Crippen molar-refractivity contribution in [2.24, 2.45) is 0 Å². The van der Waals surface area contributed by atoms with Crippen LogP contribution in [-0.2, 0) is 9.59 Å². The van der Waals surface area contributed by atoms with Crippen LogP contribution in [0.25, 0.3) is 6.08 Å². The molecule has 0 unspecified atom stereocenters. The van der Waals surface area contributed by atoms with E-state index in [0.717, 1.165) is 16.7 Å². The zero-order chi connectivity index (χ0) is 27.2. The van der Waals surface area contributed by atoms with Gasteiger partial charge in [0.05, 0.1) is 21.5 Å². The van der Waals surface area contributed by atoms with E-state index in [-0.39, 0.29) is 28.6 Å². The van der Waals surface area contributed by atoms with Gasteiger partial charge in [0.1, 0.15) is 6.54 Å². The van der Waals surface area contributed by atoms with Gasteiger partial charge in [-0.3, -0.25) is 19.3 Å². The molecule has 0 aromatic heterocycles. The molecule has 0 spiro atoms. The SMILES string of the molecule is CCOc1cc(/C=C2\SC(=O)N(CC(=O)Nc3ccccc3)C2=O)cc(Br)c1OC(=O)c1cccc(Cl)c1. The molecule has 8 nitrogen and oxygen atoms in total. The van der Waals surface area contributed by atoms with Gasteiger partial charge in [-0.05, 0) is 88.7 Å². The number of imide groups is 1. The fraction of sp³-hybridized carbons (Fsp3) is 0.111. The molecule has 3 aromatic carbocycles. The maximum atomic E-state index is 12.9. The van der Waals surface area contributed by atoms with Crippen molar-refractivity contribution in [3.8, 4) is 11.5 Å². The molecule has 0 saturated carbocycles. The quantitative estimate of drug-likeness (QED) is 0.178. The molecule has 0 atom stereocenters. The van der Waals surface area contributed by atoms with Crippen LogP contribution in [0.1, 0.15) is 22.8 Å². The molecular weight excluding hydrogens is 596 g/mol. The van der Waals surface area contributed by atoms with Crippen LogP contribution in [-0.4, -0.2) is 41.1 Å². The van der Waals surface area contributed by atoms with Crippen LogP contribution in [0.3, 0.4) is 0 Å². The third kappa shape index (κ3) is 6.63. The molecule has 4 rings (SSSR count). The van der Waals surface area contributed by atoms with Crippen LogP contribution in [0.4, 0.5) is 10.5 Å². The minimum Gasteiger partial charge on any atom is -0.490 e. The summed E-state index contributed by atoms with van der Waals surface area (Å²) in [6.07, 6.45) is 1.51. The second-order valence-electron chi connectivity index (χ2n) is 7.84. The molecule has 3 amide bonds. The summed E-state index contributed by atoms with van der Waals surface area (Å²) >= 11 is 10.1. The van der Waals surface area contributed by atoms with Crippen molar-refractivity contribution in [1.29, 1.82) is 0 Å². The highest BCUT2D eigenvalue weighted by Crippen LogP contribution is 2.39. The number of esters is 1. The number of carbonyl (C=O) groups excluding carboxylic acids is 4. The molecule has 194 valence electrons. The summed E-state index contributed by atoms with van der Waals surface area (Å²) in [5, 5.41) is 2.49. The molecule has 11 heteroatoms. The van der Waals surface area contributed by atoms with Gasteiger partial charge in [-0.25, -0.2) is 4.79 Å². The van der Waals surface area contributed by atoms with Gasteiger partial charge in [0.25, 0.3) is 11.1 Å². The van der Waals surface area contributed by atoms with Crippen molar-refractivity contribution < 1.29 is 28.7 Å². The van der Waals surface area contributed by atoms with Gasteiger partial charge in [-0.2, -0.15) is 0 Å². The highest BCUT2D eigenvalue weighted by Gasteiger charge is 2.36. The molecule has 38 heavy (non-hydrogen) atoms. The monoisotopic (exact) mass is 614 g/mol. The molecule has 0 bridgehead atoms. The van der Waals surface area contributed by atoms with E-state index in [1.807, 2.05) is 6.07 Å². The summed E-state index contributed by atoms with van der Waals surface area (Å²) < 4.78 is 11.6. The van der Waals surface area contributed by atoms with Gasteiger partial charge in [-0.1, -0.05) is 35.9 Å². The number of ether oxygens (including phenoxy) is 2. The number of amides is 3. The van der Waals surface area contributed by atoms with Crippen molar-refractivity contribution in [3.63, 3.8) is 0 Å². The van der Waals surface area contributed by atoms with Crippen molar-refractivity contribution in [2.75, 3.05) is 18.5 Å². The number of nitrogens with zero attached hydrogens (tertiary/aromatic N) is 1. The summed E-state index contributed by atoms with van der Waals surface area (Å²) in [6, 6.07) is 18.3. The van der Waals surface area contributed by atoms with Crippen LogP contribution in [0.2, 0.25) is 5.02 Å². The number of benzene rings is 3. The predicted octanol–water partition coefficient (Wildman–Crippen LogP) is 6.40. The Labute approximate surface area is 236 Å². The highest BCUT2D eigenvalue weighted by atomic mass is 79.9. The Morgan fingerprint density at radius 1 is 1.08 bits per heavy atom. The molecule has 3 aromatic rings. The predicted molar refractivity (Wildman–Crippen MR) is 149 cm³/mol. The first-order chi connectivity index (χ1) is 18.2. The number of anilines is 1. The summed E-state index contributed by atoms with van der Waals surface area (Å²) in [4.78, 5) is 51.5. The number of para-hydroxylation sites is 1. The molecule has 1 saturated heterocycles. The zero-order valence-corrected chi connectivity index (χ0v) is 23.1. The summed E-state index contributed by atoms with van der Waals surface area (Å²) in [5.74, 6) is -1.30. The molecule has 1 heterocycles. The third-order valence-corrected chi connectivity index (χ3v) is 6.85. The lowest BCUT2D eigenvalue weighted by atomic mass is 10.1. The lowest BCUT2D eigenvalue weighted by Crippen LogP contribution is -2.36. The number of carbonyl (C=O) groups is 4. The number of halogens is 2. The topological polar surface area (TPSA) is 102 Å². The zero-order valence-electron chi connectivity index (χ0n) is 19.9. The molecule has 1 aliphatic heterocycles. The van der Waals surface area contributed by atoms with Crippen LogP contribution in [0.5, 0.6) is 11.5 Å². The fourth-order valence-electron chi connectivity index (χ4n) is 3.45. The maximum Gasteiger partial charge on any atom is 0.343 e. The van der Waals surface area contributed by atoms with Gasteiger partial charge in [-0.15, -0.1) is 0 Å². The normalized spacial score (nSPS) is 14.1. The van der Waals surface area contributed by atoms with Crippen molar-refractivity contribution in [3.05, 3.63) is 92.3 Å². The van der Waals surface area contributed by atoms with Crippen LogP contribution >= 0.6 is 39.3 Å². The van der Waals surface area contributed by atoms with Gasteiger partial charge < -0.3 is 14.8 Å². The lowest BCUT2D eigenvalue weighted by molar-refractivity contribution is -0.127. The fourth-order valence-corrected chi connectivity index (χ4v) is 5.02. The van der Waals surface area contributed by atoms with E-state index in [1.165, 1.54) is 12.1 Å². The van der Waals surface area contributed by atoms with E-state index in [1.54, 1.807) is 61.5 Å². The molecule has 1 N–H and O–H groups in total. The van der Waals surface area contributed by atoms with Gasteiger partial charge in [0.2, 0.25) is 5.91 Å². The van der Waals surface area contributed by atoms with Crippen LogP contribution in [0, 0.1) is 0 Å². The van der Waals surface area contributed by atoms with E-state index in [2.05, 4.69) is 21.2 Å². The number of hydrogen-bond acceptors (Lipinski definition) is 7. The minimum absolute atomic E-state index is 0.139. The van der Waals surface area contributed by atoms with E-state index < -0.39 is 29.6 Å². The second-order valence-corrected chi connectivity index (χ2v) is 10.1. The van der Waals surface area contributed by atoms with Gasteiger partial charge in [0, 0.05) is 10.7 Å². The van der Waals surface area contributed by atoms with Crippen molar-refractivity contribution >= 4 is 74.1 Å². The number of rotatable bonds is 8. The third-order valence-electron chi connectivity index (χ3n) is 5.12. The van der Waals surface area contributed by atoms with Crippen molar-refractivity contribution in [1.82, 2.24) is 4.90 Å². The van der Waals surface area contributed by atoms with E-state index in [9.17, 15) is 19.2 Å². The van der Waals surface area contributed by atoms with E-state index in [4.69, 9.17) is 21.1 Å². The molecule has 1 aliphatic rings. The molecule has 0 aliphatic carbocycles. The maximum absolute atomic E-state index is 12.9. The second kappa shape index (κ2) is 12.3. The van der Waals surface area contributed by atoms with Crippen molar-refractivity contribution in [2.45, 2.75) is 6.92 Å². The summed E-state index contributed by atoms with van der Waals surface area (Å²) in [6.45, 7) is 1.64. The lowest BCUT2D eigenvalue weighted by Gasteiger charge is -2.14. The highest BCUT2D eigenvalue weighted by molar-refractivity contribution is 9.10. The van der Waals surface area contributed by atoms with E-state index >= 15 is 0 Å². The summed E-state index contributed by atoms with van der Waals surface area (Å²) in [5.41, 5.74) is 1.34. The smallest absolute Gasteiger partial charge is 0.343 e. The molecule has 1 fully saturated rings. The average molecular weight is 616 g/mol. The summed E-state index contributed by atoms with van der Waals surface area (Å²) in [7, 11) is 0. The number of nitrogens with one attached hydrogen (secondary N) is 1. The minimum atomic E-state index is -0.628. The first-order valence-corrected chi connectivity index (χ1v) is 13.3. The Morgan fingerprint density at radius 2 is 1.84 bits per heavy atom. The average Bonchev–Trinajstić information content (AvgIpc) is 3.14. The Hall–Kier alpha value is -3.60. The van der Waals surface area contributed by atoms with Gasteiger partial charge in [0.15, 0.2) is 11.5 Å². The molecule has 0 radical (unpaired) electrons. The standard InChI is InChI=1S/C27H20BrClN2O6S/c1-2-36-21-12-16(11-20(28)24(21)37-26(34)17-7-6-8-18(29)14-17)13-22-25(33)31(27(35)38-22)15-23(32)30-19-9-4-3-5-10-19/h3-14H,2,15H2,1H3,(H,30,32)/b22-13-. The van der Waals surface area contributed by atoms with E-state index in [0.29, 0.717) is 20.7 Å². The Bertz CT molecular complexity index is 1450. The number of thioether (sulfide) groups is 1. The first-order valence-electron chi connectivity index (χ1n) is 11.3. The first kappa shape index (κ1) is 27.4.